The number of rotatable bonds is 2. The molecule has 25 heavy (non-hydrogen) atoms. The first kappa shape index (κ1) is 16.3. The van der Waals surface area contributed by atoms with Crippen molar-refractivity contribution in [3.63, 3.8) is 0 Å². The highest BCUT2D eigenvalue weighted by Gasteiger charge is 2.21. The van der Waals surface area contributed by atoms with Gasteiger partial charge < -0.3 is 17.2 Å². The monoisotopic (exact) mass is 466 g/mol. The van der Waals surface area contributed by atoms with Crippen LogP contribution in [0, 0.1) is 10.6 Å². The van der Waals surface area contributed by atoms with Gasteiger partial charge in [0, 0.05) is 11.1 Å². The van der Waals surface area contributed by atoms with Crippen molar-refractivity contribution in [2.24, 2.45) is 0 Å². The average molecular weight is 466 g/mol. The van der Waals surface area contributed by atoms with Gasteiger partial charge in [-0.2, -0.15) is 15.1 Å². The Kier molecular flexibility index (Phi) is 3.68. The van der Waals surface area contributed by atoms with Gasteiger partial charge in [0.25, 0.3) is 0 Å². The van der Waals surface area contributed by atoms with E-state index in [0.717, 1.165) is 25.3 Å². The van der Waals surface area contributed by atoms with Crippen molar-refractivity contribution >= 4 is 68.2 Å². The SMILES string of the molecule is CSc1c(-n2nc3cc(N)ccc3c2I)nc2nc(N)c(N)c(C)n12. The number of nitrogen functional groups attached to an aromatic ring is 3. The average Bonchev–Trinajstić information content (AvgIpc) is 3.10. The van der Waals surface area contributed by atoms with Crippen LogP contribution in [-0.4, -0.2) is 30.4 Å². The Morgan fingerprint density at radius 2 is 1.92 bits per heavy atom. The van der Waals surface area contributed by atoms with E-state index in [-0.39, 0.29) is 5.82 Å². The third-order valence-electron chi connectivity index (χ3n) is 4.05. The predicted molar refractivity (Wildman–Crippen MR) is 110 cm³/mol. The molecular formula is C15H15IN8S. The third-order valence-corrected chi connectivity index (χ3v) is 5.84. The highest BCUT2D eigenvalue weighted by Crippen LogP contribution is 2.32. The molecule has 0 amide bonds. The minimum absolute atomic E-state index is 0.280. The molecule has 10 heteroatoms. The molecule has 0 bridgehead atoms. The number of hydrogen-bond acceptors (Lipinski definition) is 7. The van der Waals surface area contributed by atoms with Crippen LogP contribution in [0.3, 0.4) is 0 Å². The largest absolute Gasteiger partial charge is 0.399 e. The Hall–Kier alpha value is -2.21. The lowest BCUT2D eigenvalue weighted by Crippen LogP contribution is -2.06. The Morgan fingerprint density at radius 1 is 1.16 bits per heavy atom. The number of aryl methyl sites for hydroxylation is 1. The third kappa shape index (κ3) is 2.31. The van der Waals surface area contributed by atoms with E-state index >= 15 is 0 Å². The number of aromatic nitrogens is 5. The molecule has 4 rings (SSSR count). The fourth-order valence-corrected chi connectivity index (χ4v) is 4.28. The quantitative estimate of drug-likeness (QED) is 0.235. The van der Waals surface area contributed by atoms with Gasteiger partial charge in [-0.3, -0.25) is 4.40 Å². The standard InChI is InChI=1S/C15H15IN8S/c1-6-10(18)12(19)20-15-21-13(14(25-2)23(6)15)24-11(16)8-4-3-7(17)5-9(8)22-24/h3-5H,17-18H2,1-2H3,(H2,19,20,21). The van der Waals surface area contributed by atoms with Crippen molar-refractivity contribution in [3.05, 3.63) is 27.6 Å². The summed E-state index contributed by atoms with van der Waals surface area (Å²) in [5, 5.41) is 6.58. The molecule has 0 aliphatic rings. The van der Waals surface area contributed by atoms with Gasteiger partial charge in [0.15, 0.2) is 11.6 Å². The maximum atomic E-state index is 6.04. The number of nitrogens with two attached hydrogens (primary N) is 3. The minimum Gasteiger partial charge on any atom is -0.399 e. The Labute approximate surface area is 160 Å². The fourth-order valence-electron chi connectivity index (χ4n) is 2.77. The summed E-state index contributed by atoms with van der Waals surface area (Å²) in [6, 6.07) is 5.68. The molecule has 3 heterocycles. The zero-order valence-electron chi connectivity index (χ0n) is 13.5. The summed E-state index contributed by atoms with van der Waals surface area (Å²) < 4.78 is 4.66. The van der Waals surface area contributed by atoms with Gasteiger partial charge in [0.1, 0.15) is 8.73 Å². The second kappa shape index (κ2) is 5.66. The van der Waals surface area contributed by atoms with Crippen molar-refractivity contribution in [2.75, 3.05) is 23.5 Å². The van der Waals surface area contributed by atoms with Crippen molar-refractivity contribution in [1.29, 1.82) is 0 Å². The number of imidazole rings is 1. The maximum absolute atomic E-state index is 6.04. The second-order valence-electron chi connectivity index (χ2n) is 5.56. The zero-order chi connectivity index (χ0) is 17.9. The number of halogens is 1. The van der Waals surface area contributed by atoms with Crippen LogP contribution in [0.1, 0.15) is 5.69 Å². The smallest absolute Gasteiger partial charge is 0.239 e. The summed E-state index contributed by atoms with van der Waals surface area (Å²) in [7, 11) is 0. The van der Waals surface area contributed by atoms with E-state index in [0.29, 0.717) is 23.0 Å². The molecule has 0 fully saturated rings. The predicted octanol–water partition coefficient (Wildman–Crippen LogP) is 2.45. The van der Waals surface area contributed by atoms with Crippen molar-refractivity contribution < 1.29 is 0 Å². The molecular weight excluding hydrogens is 451 g/mol. The van der Waals surface area contributed by atoms with Crippen molar-refractivity contribution in [1.82, 2.24) is 24.1 Å². The molecule has 6 N–H and O–H groups in total. The summed E-state index contributed by atoms with van der Waals surface area (Å²) in [5.74, 6) is 1.47. The van der Waals surface area contributed by atoms with Crippen LogP contribution in [0.25, 0.3) is 22.5 Å². The number of thioether (sulfide) groups is 1. The van der Waals surface area contributed by atoms with E-state index in [1.54, 1.807) is 16.4 Å². The van der Waals surface area contributed by atoms with Gasteiger partial charge in [-0.25, -0.2) is 4.68 Å². The summed E-state index contributed by atoms with van der Waals surface area (Å²) in [6.07, 6.45) is 1.98. The molecule has 0 radical (unpaired) electrons. The Morgan fingerprint density at radius 3 is 2.64 bits per heavy atom. The van der Waals surface area contributed by atoms with Crippen molar-refractivity contribution in [3.8, 4) is 5.82 Å². The van der Waals surface area contributed by atoms with E-state index in [2.05, 4.69) is 37.7 Å². The lowest BCUT2D eigenvalue weighted by Gasteiger charge is -2.08. The molecule has 0 atom stereocenters. The van der Waals surface area contributed by atoms with Crippen LogP contribution in [0.2, 0.25) is 0 Å². The molecule has 0 saturated heterocycles. The van der Waals surface area contributed by atoms with Crippen LogP contribution >= 0.6 is 34.4 Å². The summed E-state index contributed by atoms with van der Waals surface area (Å²) in [5.41, 5.74) is 20.6. The van der Waals surface area contributed by atoms with E-state index in [9.17, 15) is 0 Å². The first-order valence-corrected chi connectivity index (χ1v) is 9.64. The Balaban J connectivity index is 2.08. The Bertz CT molecular complexity index is 1150. The second-order valence-corrected chi connectivity index (χ2v) is 7.37. The molecule has 4 aromatic rings. The van der Waals surface area contributed by atoms with Gasteiger partial charge in [-0.1, -0.05) is 0 Å². The van der Waals surface area contributed by atoms with Crippen LogP contribution in [0.5, 0.6) is 0 Å². The first-order valence-electron chi connectivity index (χ1n) is 7.34. The maximum Gasteiger partial charge on any atom is 0.239 e. The molecule has 0 saturated carbocycles. The van der Waals surface area contributed by atoms with E-state index in [1.807, 2.05) is 35.8 Å². The van der Waals surface area contributed by atoms with Crippen molar-refractivity contribution in [2.45, 2.75) is 11.9 Å². The first-order chi connectivity index (χ1) is 11.9. The lowest BCUT2D eigenvalue weighted by atomic mass is 10.2. The van der Waals surface area contributed by atoms with Crippen LogP contribution in [-0.2, 0) is 0 Å². The summed E-state index contributed by atoms with van der Waals surface area (Å²) in [6.45, 7) is 1.90. The van der Waals surface area contributed by atoms with Gasteiger partial charge in [-0.15, -0.1) is 11.8 Å². The molecule has 3 aromatic heterocycles. The molecule has 0 aliphatic heterocycles. The highest BCUT2D eigenvalue weighted by atomic mass is 127. The summed E-state index contributed by atoms with van der Waals surface area (Å²) >= 11 is 3.81. The van der Waals surface area contributed by atoms with E-state index < -0.39 is 0 Å². The lowest BCUT2D eigenvalue weighted by molar-refractivity contribution is 0.818. The fraction of sp³-hybridized carbons (Fsp3) is 0.133. The number of benzene rings is 1. The van der Waals surface area contributed by atoms with Gasteiger partial charge >= 0.3 is 0 Å². The molecule has 0 aliphatic carbocycles. The highest BCUT2D eigenvalue weighted by molar-refractivity contribution is 14.1. The van der Waals surface area contributed by atoms with Gasteiger partial charge in [0.05, 0.1) is 16.9 Å². The van der Waals surface area contributed by atoms with Gasteiger partial charge in [-0.05, 0) is 54.0 Å². The topological polar surface area (TPSA) is 126 Å². The zero-order valence-corrected chi connectivity index (χ0v) is 16.5. The number of fused-ring (bicyclic) bond motifs is 2. The molecule has 1 aromatic carbocycles. The minimum atomic E-state index is 0.280. The number of anilines is 3. The van der Waals surface area contributed by atoms with E-state index in [4.69, 9.17) is 17.2 Å². The van der Waals surface area contributed by atoms with Crippen LogP contribution < -0.4 is 17.2 Å². The molecule has 0 spiro atoms. The molecule has 8 nitrogen and oxygen atoms in total. The number of hydrogen-bond donors (Lipinski definition) is 3. The van der Waals surface area contributed by atoms with Crippen LogP contribution in [0.15, 0.2) is 23.2 Å². The molecule has 128 valence electrons. The normalized spacial score (nSPS) is 11.6. The summed E-state index contributed by atoms with van der Waals surface area (Å²) in [4.78, 5) is 8.97. The van der Waals surface area contributed by atoms with Crippen LogP contribution in [0.4, 0.5) is 17.2 Å². The van der Waals surface area contributed by atoms with Gasteiger partial charge in [0.2, 0.25) is 5.78 Å². The molecule has 0 unspecified atom stereocenters. The van der Waals surface area contributed by atoms with E-state index in [1.165, 1.54) is 0 Å². The number of nitrogens with zero attached hydrogens (tertiary/aromatic N) is 5.